The molecule has 2 aromatic carbocycles. The molecule has 5 heteroatoms. The maximum absolute atomic E-state index is 12.6. The number of rotatable bonds is 5. The highest BCUT2D eigenvalue weighted by molar-refractivity contribution is 5.95. The molecule has 1 heterocycles. The molecule has 0 radical (unpaired) electrons. The number of ether oxygens (including phenoxy) is 2. The lowest BCUT2D eigenvalue weighted by Crippen LogP contribution is -2.46. The van der Waals surface area contributed by atoms with Crippen LogP contribution in [-0.2, 0) is 4.79 Å². The van der Waals surface area contributed by atoms with Gasteiger partial charge in [-0.25, -0.2) is 0 Å². The average Bonchev–Trinajstić information content (AvgIpc) is 3.20. The molecule has 142 valence electrons. The normalized spacial score (nSPS) is 21.7. The Kier molecular flexibility index (Phi) is 5.19. The van der Waals surface area contributed by atoms with E-state index in [1.807, 2.05) is 55.5 Å². The minimum atomic E-state index is -0.680. The van der Waals surface area contributed by atoms with Crippen molar-refractivity contribution < 1.29 is 14.3 Å². The largest absolute Gasteiger partial charge is 0.482 e. The number of fused-ring (bicyclic) bond motifs is 1. The molecule has 1 aliphatic carbocycles. The molecule has 0 bridgehead atoms. The number of benzene rings is 2. The second-order valence-electron chi connectivity index (χ2n) is 7.41. The maximum atomic E-state index is 12.6. The zero-order valence-electron chi connectivity index (χ0n) is 15.6. The van der Waals surface area contributed by atoms with Crippen molar-refractivity contribution in [1.29, 1.82) is 0 Å². The van der Waals surface area contributed by atoms with Crippen molar-refractivity contribution >= 4 is 17.3 Å². The molecule has 0 spiro atoms. The Hall–Kier alpha value is -2.69. The topological polar surface area (TPSA) is 59.6 Å². The molecule has 2 N–H and O–H groups in total. The smallest absolute Gasteiger partial charge is 0.269 e. The van der Waals surface area contributed by atoms with E-state index in [2.05, 4.69) is 10.6 Å². The van der Waals surface area contributed by atoms with Gasteiger partial charge in [0.05, 0.1) is 0 Å². The van der Waals surface area contributed by atoms with Crippen LogP contribution in [0.15, 0.2) is 48.5 Å². The summed E-state index contributed by atoms with van der Waals surface area (Å²) < 4.78 is 11.7. The fraction of sp³-hybridized carbons (Fsp3) is 0.409. The van der Waals surface area contributed by atoms with Crippen LogP contribution in [-0.4, -0.2) is 24.7 Å². The average molecular weight is 366 g/mol. The summed E-state index contributed by atoms with van der Waals surface area (Å²) in [7, 11) is 0. The van der Waals surface area contributed by atoms with Crippen molar-refractivity contribution in [1.82, 2.24) is 0 Å². The molecule has 2 aliphatic rings. The molecule has 1 aliphatic heterocycles. The van der Waals surface area contributed by atoms with Crippen molar-refractivity contribution in [3.63, 3.8) is 0 Å². The van der Waals surface area contributed by atoms with Gasteiger partial charge in [0.25, 0.3) is 5.91 Å². The van der Waals surface area contributed by atoms with Crippen LogP contribution in [0.4, 0.5) is 11.4 Å². The van der Waals surface area contributed by atoms with Gasteiger partial charge in [-0.05, 0) is 62.1 Å². The van der Waals surface area contributed by atoms with Crippen LogP contribution in [0, 0.1) is 5.92 Å². The quantitative estimate of drug-likeness (QED) is 0.820. The number of nitrogens with one attached hydrogen (secondary N) is 2. The summed E-state index contributed by atoms with van der Waals surface area (Å²) in [6.45, 7) is 2.87. The molecule has 2 atom stereocenters. The van der Waals surface area contributed by atoms with E-state index < -0.39 is 6.10 Å². The van der Waals surface area contributed by atoms with E-state index in [0.29, 0.717) is 11.5 Å². The minimum absolute atomic E-state index is 0.205. The summed E-state index contributed by atoms with van der Waals surface area (Å²) in [6, 6.07) is 15.2. The number of para-hydroxylation sites is 2. The molecule has 4 rings (SSSR count). The van der Waals surface area contributed by atoms with Crippen LogP contribution >= 0.6 is 0 Å². The van der Waals surface area contributed by atoms with Gasteiger partial charge >= 0.3 is 0 Å². The van der Waals surface area contributed by atoms with E-state index in [-0.39, 0.29) is 12.0 Å². The molecule has 0 aromatic heterocycles. The third-order valence-electron chi connectivity index (χ3n) is 5.32. The predicted molar refractivity (Wildman–Crippen MR) is 106 cm³/mol. The Morgan fingerprint density at radius 2 is 1.59 bits per heavy atom. The predicted octanol–water partition coefficient (Wildman–Crippen LogP) is 4.46. The lowest BCUT2D eigenvalue weighted by atomic mass is 10.1. The van der Waals surface area contributed by atoms with Gasteiger partial charge in [-0.3, -0.25) is 4.79 Å². The molecular formula is C22H26N2O3. The molecule has 27 heavy (non-hydrogen) atoms. The molecule has 2 unspecified atom stereocenters. The van der Waals surface area contributed by atoms with Crippen LogP contribution in [0.3, 0.4) is 0 Å². The fourth-order valence-electron chi connectivity index (χ4n) is 3.77. The van der Waals surface area contributed by atoms with Crippen molar-refractivity contribution in [2.24, 2.45) is 5.92 Å². The highest BCUT2D eigenvalue weighted by atomic mass is 16.6. The summed E-state index contributed by atoms with van der Waals surface area (Å²) in [5.74, 6) is 1.86. The zero-order valence-corrected chi connectivity index (χ0v) is 15.6. The van der Waals surface area contributed by atoms with E-state index in [9.17, 15) is 4.79 Å². The van der Waals surface area contributed by atoms with Gasteiger partial charge in [-0.1, -0.05) is 25.0 Å². The second-order valence-corrected chi connectivity index (χ2v) is 7.41. The lowest BCUT2D eigenvalue weighted by Gasteiger charge is -2.31. The van der Waals surface area contributed by atoms with Gasteiger partial charge in [0.2, 0.25) is 6.10 Å². The van der Waals surface area contributed by atoms with Crippen molar-refractivity contribution in [2.75, 3.05) is 17.2 Å². The van der Waals surface area contributed by atoms with Crippen LogP contribution in [0.25, 0.3) is 0 Å². The highest BCUT2D eigenvalue weighted by Gasteiger charge is 2.34. The molecular weight excluding hydrogens is 340 g/mol. The van der Waals surface area contributed by atoms with Gasteiger partial charge in [0.15, 0.2) is 11.5 Å². The number of amides is 1. The summed E-state index contributed by atoms with van der Waals surface area (Å²) in [5, 5.41) is 6.42. The Balaban J connectivity index is 1.34. The molecule has 1 amide bonds. The first-order valence-electron chi connectivity index (χ1n) is 9.76. The molecule has 2 aromatic rings. The number of hydrogen-bond donors (Lipinski definition) is 2. The lowest BCUT2D eigenvalue weighted by molar-refractivity contribution is -0.128. The summed E-state index contributed by atoms with van der Waals surface area (Å²) in [5.41, 5.74) is 1.83. The Labute approximate surface area is 160 Å². The first-order chi connectivity index (χ1) is 13.2. The maximum Gasteiger partial charge on any atom is 0.269 e. The van der Waals surface area contributed by atoms with Gasteiger partial charge < -0.3 is 20.1 Å². The fourth-order valence-corrected chi connectivity index (χ4v) is 3.77. The zero-order chi connectivity index (χ0) is 18.6. The third-order valence-corrected chi connectivity index (χ3v) is 5.32. The Morgan fingerprint density at radius 3 is 2.30 bits per heavy atom. The molecule has 5 nitrogen and oxygen atoms in total. The SMILES string of the molecule is CC1Oc2ccccc2OC1C(=O)Nc1ccc(NCC2CCCC2)cc1. The second kappa shape index (κ2) is 7.91. The van der Waals surface area contributed by atoms with Crippen LogP contribution < -0.4 is 20.1 Å². The molecule has 1 fully saturated rings. The van der Waals surface area contributed by atoms with Gasteiger partial charge in [0.1, 0.15) is 6.10 Å². The highest BCUT2D eigenvalue weighted by Crippen LogP contribution is 2.33. The summed E-state index contributed by atoms with van der Waals surface area (Å²) >= 11 is 0. The Morgan fingerprint density at radius 1 is 0.963 bits per heavy atom. The minimum Gasteiger partial charge on any atom is -0.482 e. The summed E-state index contributed by atoms with van der Waals surface area (Å²) in [4.78, 5) is 12.6. The van der Waals surface area contributed by atoms with Crippen molar-refractivity contribution in [3.05, 3.63) is 48.5 Å². The molecule has 1 saturated carbocycles. The van der Waals surface area contributed by atoms with Crippen LogP contribution in [0.2, 0.25) is 0 Å². The first-order valence-corrected chi connectivity index (χ1v) is 9.76. The first kappa shape index (κ1) is 17.7. The van der Waals surface area contributed by atoms with E-state index >= 15 is 0 Å². The third kappa shape index (κ3) is 4.18. The number of carbonyl (C=O) groups is 1. The van der Waals surface area contributed by atoms with E-state index in [1.54, 1.807) is 0 Å². The standard InChI is InChI=1S/C22H26N2O3/c1-15-21(27-20-9-5-4-8-19(20)26-15)22(25)24-18-12-10-17(11-13-18)23-14-16-6-2-3-7-16/h4-5,8-13,15-16,21,23H,2-3,6-7,14H2,1H3,(H,24,25). The molecule has 0 saturated heterocycles. The number of hydrogen-bond acceptors (Lipinski definition) is 4. The van der Waals surface area contributed by atoms with E-state index in [0.717, 1.165) is 23.8 Å². The van der Waals surface area contributed by atoms with Gasteiger partial charge in [-0.2, -0.15) is 0 Å². The summed E-state index contributed by atoms with van der Waals surface area (Å²) in [6.07, 6.45) is 4.32. The van der Waals surface area contributed by atoms with E-state index in [4.69, 9.17) is 9.47 Å². The number of carbonyl (C=O) groups excluding carboxylic acids is 1. The van der Waals surface area contributed by atoms with Crippen LogP contribution in [0.5, 0.6) is 11.5 Å². The Bertz CT molecular complexity index is 784. The monoisotopic (exact) mass is 366 g/mol. The van der Waals surface area contributed by atoms with Gasteiger partial charge in [0, 0.05) is 17.9 Å². The number of anilines is 2. The van der Waals surface area contributed by atoms with E-state index in [1.165, 1.54) is 25.7 Å². The van der Waals surface area contributed by atoms with Gasteiger partial charge in [-0.15, -0.1) is 0 Å². The van der Waals surface area contributed by atoms with Crippen LogP contribution in [0.1, 0.15) is 32.6 Å². The van der Waals surface area contributed by atoms with Crippen molar-refractivity contribution in [2.45, 2.75) is 44.8 Å². The van der Waals surface area contributed by atoms with Crippen molar-refractivity contribution in [3.8, 4) is 11.5 Å².